The Balaban J connectivity index is 2.01. The molecule has 0 amide bonds. The third kappa shape index (κ3) is 3.06. The van der Waals surface area contributed by atoms with Crippen molar-refractivity contribution in [2.45, 2.75) is 44.8 Å². The van der Waals surface area contributed by atoms with E-state index < -0.39 is 17.3 Å². The molecule has 1 aliphatic rings. The number of rotatable bonds is 4. The average molecular weight is 329 g/mol. The van der Waals surface area contributed by atoms with Crippen LogP contribution < -0.4 is 5.56 Å². The van der Waals surface area contributed by atoms with Crippen LogP contribution in [0.3, 0.4) is 0 Å². The molecular formula is C14H14F3N3OS. The molecule has 0 aromatic carbocycles. The lowest BCUT2D eigenvalue weighted by Gasteiger charge is -2.11. The summed E-state index contributed by atoms with van der Waals surface area (Å²) >= 11 is 1.43. The molecule has 0 saturated heterocycles. The summed E-state index contributed by atoms with van der Waals surface area (Å²) in [5.74, 6) is 0.0367. The standard InChI is InChI=1S/C14H14F3N3OS/c1-2-12-18-9(7-22-12)6-20-13(21)10(14(15,16)17)5-11(19-20)8-3-4-8/h5,7-8H,2-4,6H2,1H3. The lowest BCUT2D eigenvalue weighted by molar-refractivity contribution is -0.139. The minimum Gasteiger partial charge on any atom is -0.267 e. The Morgan fingerprint density at radius 1 is 1.41 bits per heavy atom. The normalized spacial score (nSPS) is 15.3. The topological polar surface area (TPSA) is 47.8 Å². The zero-order valence-corrected chi connectivity index (χ0v) is 12.7. The van der Waals surface area contributed by atoms with Crippen molar-refractivity contribution in [3.8, 4) is 0 Å². The van der Waals surface area contributed by atoms with Gasteiger partial charge in [-0.2, -0.15) is 18.3 Å². The van der Waals surface area contributed by atoms with Gasteiger partial charge in [-0.15, -0.1) is 11.3 Å². The van der Waals surface area contributed by atoms with Gasteiger partial charge >= 0.3 is 6.18 Å². The highest BCUT2D eigenvalue weighted by Gasteiger charge is 2.37. The summed E-state index contributed by atoms with van der Waals surface area (Å²) < 4.78 is 40.0. The molecule has 0 spiro atoms. The van der Waals surface area contributed by atoms with Gasteiger partial charge in [-0.05, 0) is 25.3 Å². The molecule has 3 rings (SSSR count). The maximum Gasteiger partial charge on any atom is 0.421 e. The second-order valence-corrected chi connectivity index (χ2v) is 6.25. The average Bonchev–Trinajstić information content (AvgIpc) is 3.20. The van der Waals surface area contributed by atoms with Gasteiger partial charge in [0.2, 0.25) is 0 Å². The summed E-state index contributed by atoms with van der Waals surface area (Å²) in [6, 6.07) is 0.898. The van der Waals surface area contributed by atoms with Gasteiger partial charge in [0, 0.05) is 11.3 Å². The molecule has 0 aliphatic heterocycles. The van der Waals surface area contributed by atoms with Crippen LogP contribution in [0.25, 0.3) is 0 Å². The Morgan fingerprint density at radius 2 is 2.14 bits per heavy atom. The second kappa shape index (κ2) is 5.49. The van der Waals surface area contributed by atoms with E-state index >= 15 is 0 Å². The Labute approximate surface area is 128 Å². The maximum atomic E-state index is 13.0. The fourth-order valence-corrected chi connectivity index (χ4v) is 2.92. The van der Waals surface area contributed by atoms with E-state index in [1.807, 2.05) is 6.92 Å². The minimum absolute atomic E-state index is 0.0288. The Bertz CT molecular complexity index is 747. The van der Waals surface area contributed by atoms with Crippen LogP contribution in [0.5, 0.6) is 0 Å². The number of nitrogens with zero attached hydrogens (tertiary/aromatic N) is 3. The van der Waals surface area contributed by atoms with Gasteiger partial charge in [0.15, 0.2) is 0 Å². The molecule has 0 radical (unpaired) electrons. The summed E-state index contributed by atoms with van der Waals surface area (Å²) in [6.45, 7) is 1.92. The molecule has 0 N–H and O–H groups in total. The highest BCUT2D eigenvalue weighted by atomic mass is 32.1. The maximum absolute atomic E-state index is 13.0. The highest BCUT2D eigenvalue weighted by Crippen LogP contribution is 2.40. The molecule has 2 aromatic heterocycles. The molecule has 1 aliphatic carbocycles. The summed E-state index contributed by atoms with van der Waals surface area (Å²) in [5.41, 5.74) is -1.34. The van der Waals surface area contributed by atoms with Gasteiger partial charge in [-0.1, -0.05) is 6.92 Å². The van der Waals surface area contributed by atoms with Crippen molar-refractivity contribution in [1.82, 2.24) is 14.8 Å². The van der Waals surface area contributed by atoms with Crippen molar-refractivity contribution >= 4 is 11.3 Å². The van der Waals surface area contributed by atoms with Gasteiger partial charge in [-0.25, -0.2) is 9.67 Å². The third-order valence-electron chi connectivity index (χ3n) is 3.51. The Morgan fingerprint density at radius 3 is 2.68 bits per heavy atom. The van der Waals surface area contributed by atoms with Crippen LogP contribution in [-0.2, 0) is 19.1 Å². The predicted octanol–water partition coefficient (Wildman–Crippen LogP) is 3.21. The van der Waals surface area contributed by atoms with Gasteiger partial charge in [-0.3, -0.25) is 4.79 Å². The third-order valence-corrected chi connectivity index (χ3v) is 4.55. The molecule has 0 unspecified atom stereocenters. The lowest BCUT2D eigenvalue weighted by atomic mass is 10.2. The minimum atomic E-state index is -4.66. The van der Waals surface area contributed by atoms with E-state index in [-0.39, 0.29) is 12.5 Å². The fraction of sp³-hybridized carbons (Fsp3) is 0.500. The molecular weight excluding hydrogens is 315 g/mol. The zero-order valence-electron chi connectivity index (χ0n) is 11.9. The quantitative estimate of drug-likeness (QED) is 0.865. The summed E-state index contributed by atoms with van der Waals surface area (Å²) in [6.07, 6.45) is -2.27. The lowest BCUT2D eigenvalue weighted by Crippen LogP contribution is -2.31. The molecule has 2 aromatic rings. The first kappa shape index (κ1) is 15.2. The summed E-state index contributed by atoms with van der Waals surface area (Å²) in [5, 5.41) is 6.75. The Hall–Kier alpha value is -1.70. The molecule has 0 atom stereocenters. The SMILES string of the molecule is CCc1nc(Cn2nc(C3CC3)cc(C(F)(F)F)c2=O)cs1. The van der Waals surface area contributed by atoms with Crippen LogP contribution in [-0.4, -0.2) is 14.8 Å². The molecule has 4 nitrogen and oxygen atoms in total. The number of hydrogen-bond acceptors (Lipinski definition) is 4. The molecule has 22 heavy (non-hydrogen) atoms. The molecule has 1 fully saturated rings. The molecule has 2 heterocycles. The largest absolute Gasteiger partial charge is 0.421 e. The second-order valence-electron chi connectivity index (χ2n) is 5.30. The van der Waals surface area contributed by atoms with E-state index in [4.69, 9.17) is 0 Å². The fourth-order valence-electron chi connectivity index (χ4n) is 2.19. The smallest absolute Gasteiger partial charge is 0.267 e. The first-order chi connectivity index (χ1) is 10.4. The highest BCUT2D eigenvalue weighted by molar-refractivity contribution is 7.09. The first-order valence-corrected chi connectivity index (χ1v) is 7.89. The van der Waals surface area contributed by atoms with E-state index in [0.29, 0.717) is 11.4 Å². The number of halogens is 3. The monoisotopic (exact) mass is 329 g/mol. The van der Waals surface area contributed by atoms with E-state index in [1.54, 1.807) is 5.38 Å². The number of alkyl halides is 3. The zero-order chi connectivity index (χ0) is 15.9. The van der Waals surface area contributed by atoms with Crippen LogP contribution in [0.15, 0.2) is 16.2 Å². The van der Waals surface area contributed by atoms with Crippen molar-refractivity contribution in [1.29, 1.82) is 0 Å². The van der Waals surface area contributed by atoms with E-state index in [9.17, 15) is 18.0 Å². The molecule has 0 bridgehead atoms. The molecule has 118 valence electrons. The van der Waals surface area contributed by atoms with E-state index in [0.717, 1.165) is 35.0 Å². The van der Waals surface area contributed by atoms with Crippen LogP contribution in [0.1, 0.15) is 47.6 Å². The number of aromatic nitrogens is 3. The van der Waals surface area contributed by atoms with Crippen molar-refractivity contribution in [3.05, 3.63) is 43.8 Å². The molecule has 8 heteroatoms. The predicted molar refractivity (Wildman–Crippen MR) is 76.1 cm³/mol. The first-order valence-electron chi connectivity index (χ1n) is 7.01. The van der Waals surface area contributed by atoms with Crippen LogP contribution in [0, 0.1) is 0 Å². The van der Waals surface area contributed by atoms with Crippen molar-refractivity contribution in [2.75, 3.05) is 0 Å². The van der Waals surface area contributed by atoms with Gasteiger partial charge < -0.3 is 0 Å². The Kier molecular flexibility index (Phi) is 3.80. The number of aryl methyl sites for hydroxylation is 1. The number of hydrogen-bond donors (Lipinski definition) is 0. The van der Waals surface area contributed by atoms with Crippen molar-refractivity contribution in [2.24, 2.45) is 0 Å². The van der Waals surface area contributed by atoms with Crippen LogP contribution >= 0.6 is 11.3 Å². The molecule has 1 saturated carbocycles. The van der Waals surface area contributed by atoms with Gasteiger partial charge in [0.25, 0.3) is 5.56 Å². The van der Waals surface area contributed by atoms with E-state index in [2.05, 4.69) is 10.1 Å². The van der Waals surface area contributed by atoms with Crippen LogP contribution in [0.2, 0.25) is 0 Å². The van der Waals surface area contributed by atoms with Gasteiger partial charge in [0.05, 0.1) is 22.9 Å². The van der Waals surface area contributed by atoms with Crippen molar-refractivity contribution in [3.63, 3.8) is 0 Å². The summed E-state index contributed by atoms with van der Waals surface area (Å²) in [7, 11) is 0. The van der Waals surface area contributed by atoms with Gasteiger partial charge in [0.1, 0.15) is 5.56 Å². The number of thiazole rings is 1. The summed E-state index contributed by atoms with van der Waals surface area (Å²) in [4.78, 5) is 16.3. The van der Waals surface area contributed by atoms with Crippen molar-refractivity contribution < 1.29 is 13.2 Å². The van der Waals surface area contributed by atoms with Crippen LogP contribution in [0.4, 0.5) is 13.2 Å². The van der Waals surface area contributed by atoms with E-state index in [1.165, 1.54) is 11.3 Å².